The number of amides is 2. The van der Waals surface area contributed by atoms with Crippen molar-refractivity contribution >= 4 is 80.3 Å². The number of halogens is 2. The molecule has 3 aliphatic rings. The van der Waals surface area contributed by atoms with Crippen LogP contribution in [0.25, 0.3) is 5.57 Å². The molecule has 10 heteroatoms. The monoisotopic (exact) mass is 518 g/mol. The molecular formula is C23H20Cl2N4O2S2. The molecule has 0 N–H and O–H groups in total. The van der Waals surface area contributed by atoms with Crippen LogP contribution in [-0.2, 0) is 9.59 Å². The van der Waals surface area contributed by atoms with E-state index in [0.29, 0.717) is 37.2 Å². The van der Waals surface area contributed by atoms with E-state index in [9.17, 15) is 9.59 Å². The summed E-state index contributed by atoms with van der Waals surface area (Å²) in [4.78, 5) is 35.2. The summed E-state index contributed by atoms with van der Waals surface area (Å²) < 4.78 is 0.351. The molecule has 0 saturated carbocycles. The molecule has 33 heavy (non-hydrogen) atoms. The van der Waals surface area contributed by atoms with Crippen molar-refractivity contribution in [3.63, 3.8) is 0 Å². The minimum absolute atomic E-state index is 0.176. The van der Waals surface area contributed by atoms with Gasteiger partial charge in [0, 0.05) is 31.7 Å². The quantitative estimate of drug-likeness (QED) is 0.445. The highest BCUT2D eigenvalue weighted by molar-refractivity contribution is 8.27. The van der Waals surface area contributed by atoms with Crippen LogP contribution in [0.3, 0.4) is 0 Å². The van der Waals surface area contributed by atoms with Crippen molar-refractivity contribution in [3.8, 4) is 0 Å². The average molecular weight is 519 g/mol. The molecule has 5 rings (SSSR count). The Balaban J connectivity index is 1.51. The van der Waals surface area contributed by atoms with Crippen molar-refractivity contribution < 1.29 is 9.59 Å². The highest BCUT2D eigenvalue weighted by Gasteiger charge is 2.43. The lowest BCUT2D eigenvalue weighted by molar-refractivity contribution is -0.115. The highest BCUT2D eigenvalue weighted by Crippen LogP contribution is 2.46. The summed E-state index contributed by atoms with van der Waals surface area (Å²) in [6.07, 6.45) is 0. The van der Waals surface area contributed by atoms with Crippen molar-refractivity contribution in [3.05, 3.63) is 63.0 Å². The van der Waals surface area contributed by atoms with Gasteiger partial charge in [0.2, 0.25) is 0 Å². The van der Waals surface area contributed by atoms with Crippen molar-refractivity contribution in [2.45, 2.75) is 0 Å². The van der Waals surface area contributed by atoms with Crippen LogP contribution < -0.4 is 9.80 Å². The van der Waals surface area contributed by atoms with Gasteiger partial charge in [0.05, 0.1) is 38.6 Å². The Morgan fingerprint density at radius 3 is 2.42 bits per heavy atom. The third kappa shape index (κ3) is 4.09. The van der Waals surface area contributed by atoms with E-state index in [1.807, 2.05) is 24.3 Å². The summed E-state index contributed by atoms with van der Waals surface area (Å²) in [6, 6.07) is 12.5. The maximum absolute atomic E-state index is 13.6. The number of thiocarbonyl (C=S) groups is 1. The lowest BCUT2D eigenvalue weighted by Gasteiger charge is -2.34. The van der Waals surface area contributed by atoms with Gasteiger partial charge < -0.3 is 4.90 Å². The summed E-state index contributed by atoms with van der Waals surface area (Å²) in [6.45, 7) is 4.17. The molecule has 6 nitrogen and oxygen atoms in total. The number of carbonyl (C=O) groups is 2. The Kier molecular flexibility index (Phi) is 6.24. The molecule has 2 aromatic carbocycles. The number of hydrogen-bond donors (Lipinski definition) is 0. The van der Waals surface area contributed by atoms with E-state index in [-0.39, 0.29) is 11.8 Å². The number of rotatable bonds is 3. The maximum Gasteiger partial charge on any atom is 0.271 e. The number of likely N-dealkylation sites (N-methyl/N-ethyl adjacent to an activating group) is 1. The Morgan fingerprint density at radius 1 is 0.970 bits per heavy atom. The predicted molar refractivity (Wildman–Crippen MR) is 139 cm³/mol. The minimum Gasteiger partial charge on any atom is -0.304 e. The van der Waals surface area contributed by atoms with Gasteiger partial charge >= 0.3 is 0 Å². The van der Waals surface area contributed by atoms with Crippen LogP contribution in [0, 0.1) is 0 Å². The Hall–Kier alpha value is -1.94. The molecule has 2 fully saturated rings. The molecule has 2 saturated heterocycles. The van der Waals surface area contributed by atoms with E-state index in [1.165, 1.54) is 4.90 Å². The van der Waals surface area contributed by atoms with Gasteiger partial charge in [-0.05, 0) is 31.3 Å². The fourth-order valence-electron chi connectivity index (χ4n) is 4.19. The van der Waals surface area contributed by atoms with E-state index in [1.54, 1.807) is 23.1 Å². The summed E-state index contributed by atoms with van der Waals surface area (Å²) in [5.74, 6) is -0.507. The van der Waals surface area contributed by atoms with Gasteiger partial charge in [-0.1, -0.05) is 65.4 Å². The van der Waals surface area contributed by atoms with Crippen LogP contribution in [-0.4, -0.2) is 65.8 Å². The third-order valence-corrected chi connectivity index (χ3v) is 8.13. The Bertz CT molecular complexity index is 1210. The zero-order valence-corrected chi connectivity index (χ0v) is 20.9. The number of piperazine rings is 1. The number of anilines is 2. The van der Waals surface area contributed by atoms with Crippen LogP contribution in [0.2, 0.25) is 10.0 Å². The van der Waals surface area contributed by atoms with E-state index in [0.717, 1.165) is 49.2 Å². The summed E-state index contributed by atoms with van der Waals surface area (Å²) in [5, 5.41) is 0.722. The molecule has 3 aliphatic heterocycles. The van der Waals surface area contributed by atoms with Crippen molar-refractivity contribution in [2.24, 2.45) is 0 Å². The van der Waals surface area contributed by atoms with Crippen LogP contribution in [0.1, 0.15) is 5.56 Å². The average Bonchev–Trinajstić information content (AvgIpc) is 3.24. The number of para-hydroxylation sites is 1. The second-order valence-corrected chi connectivity index (χ2v) is 10.6. The first-order valence-electron chi connectivity index (χ1n) is 10.4. The van der Waals surface area contributed by atoms with E-state index in [4.69, 9.17) is 35.4 Å². The van der Waals surface area contributed by atoms with E-state index in [2.05, 4.69) is 16.8 Å². The van der Waals surface area contributed by atoms with Gasteiger partial charge in [0.1, 0.15) is 0 Å². The first-order valence-corrected chi connectivity index (χ1v) is 12.4. The van der Waals surface area contributed by atoms with Crippen LogP contribution in [0.15, 0.2) is 47.4 Å². The van der Waals surface area contributed by atoms with Gasteiger partial charge in [0.25, 0.3) is 11.8 Å². The second kappa shape index (κ2) is 9.02. The zero-order chi connectivity index (χ0) is 23.3. The molecule has 170 valence electrons. The molecule has 0 unspecified atom stereocenters. The highest BCUT2D eigenvalue weighted by atomic mass is 35.5. The van der Waals surface area contributed by atoms with E-state index < -0.39 is 0 Å². The van der Waals surface area contributed by atoms with Crippen LogP contribution in [0.4, 0.5) is 11.4 Å². The van der Waals surface area contributed by atoms with Crippen molar-refractivity contribution in [1.82, 2.24) is 9.80 Å². The molecule has 0 aromatic heterocycles. The van der Waals surface area contributed by atoms with Crippen LogP contribution >= 0.6 is 47.2 Å². The molecule has 0 bridgehead atoms. The van der Waals surface area contributed by atoms with Gasteiger partial charge in [-0.15, -0.1) is 0 Å². The lowest BCUT2D eigenvalue weighted by Crippen LogP contribution is -2.49. The lowest BCUT2D eigenvalue weighted by atomic mass is 10.1. The smallest absolute Gasteiger partial charge is 0.271 e. The molecule has 0 spiro atoms. The topological polar surface area (TPSA) is 47.1 Å². The third-order valence-electron chi connectivity index (χ3n) is 6.02. The molecule has 0 radical (unpaired) electrons. The fraction of sp³-hybridized carbons (Fsp3) is 0.261. The second-order valence-electron chi connectivity index (χ2n) is 8.12. The van der Waals surface area contributed by atoms with Gasteiger partial charge in [-0.25, -0.2) is 0 Å². The zero-order valence-electron chi connectivity index (χ0n) is 17.8. The van der Waals surface area contributed by atoms with Crippen LogP contribution in [0.5, 0.6) is 0 Å². The first kappa shape index (κ1) is 22.8. The standard InChI is InChI=1S/C23H20Cl2N4O2S2/c1-26-8-10-27(11-9-26)13-28-18-5-3-2-4-15(18)19(21(28)30)20-22(31)29(23(32)33-20)14-6-7-16(24)17(25)12-14/h2-7,12H,8-11,13H2,1H3/b20-19-. The maximum atomic E-state index is 13.6. The Labute approximate surface area is 211 Å². The molecule has 0 atom stereocenters. The number of thioether (sulfide) groups is 1. The number of benzene rings is 2. The normalized spacial score (nSPS) is 22.0. The van der Waals surface area contributed by atoms with Crippen molar-refractivity contribution in [2.75, 3.05) is 49.7 Å². The number of carbonyl (C=O) groups excluding carboxylic acids is 2. The van der Waals surface area contributed by atoms with E-state index >= 15 is 0 Å². The molecule has 0 aliphatic carbocycles. The number of fused-ring (bicyclic) bond motifs is 1. The molecule has 2 aromatic rings. The van der Waals surface area contributed by atoms with Gasteiger partial charge in [-0.3, -0.25) is 24.3 Å². The van der Waals surface area contributed by atoms with Gasteiger partial charge in [0.15, 0.2) is 4.32 Å². The fourth-order valence-corrected chi connectivity index (χ4v) is 5.86. The summed E-state index contributed by atoms with van der Waals surface area (Å²) >= 11 is 18.9. The molecule has 2 amide bonds. The Morgan fingerprint density at radius 2 is 1.70 bits per heavy atom. The van der Waals surface area contributed by atoms with Crippen molar-refractivity contribution in [1.29, 1.82) is 0 Å². The molecule has 3 heterocycles. The predicted octanol–water partition coefficient (Wildman–Crippen LogP) is 4.32. The number of nitrogens with zero attached hydrogens (tertiary/aromatic N) is 4. The minimum atomic E-state index is -0.331. The summed E-state index contributed by atoms with van der Waals surface area (Å²) in [7, 11) is 2.10. The SMILES string of the molecule is CN1CCN(CN2C(=O)/C(=C3\SC(=S)N(c4ccc(Cl)c(Cl)c4)C3=O)c3ccccc32)CC1. The number of hydrogen-bond acceptors (Lipinski definition) is 6. The first-order chi connectivity index (χ1) is 15.8. The largest absolute Gasteiger partial charge is 0.304 e. The molecular weight excluding hydrogens is 499 g/mol. The summed E-state index contributed by atoms with van der Waals surface area (Å²) in [5.41, 5.74) is 2.50. The van der Waals surface area contributed by atoms with Gasteiger partial charge in [-0.2, -0.15) is 0 Å².